The minimum absolute atomic E-state index is 0.0677. The van der Waals surface area contributed by atoms with Crippen molar-refractivity contribution in [1.29, 1.82) is 0 Å². The van der Waals surface area contributed by atoms with Crippen LogP contribution < -0.4 is 10.6 Å². The van der Waals surface area contributed by atoms with E-state index in [0.717, 1.165) is 37.9 Å². The second kappa shape index (κ2) is 9.08. The summed E-state index contributed by atoms with van der Waals surface area (Å²) in [5.41, 5.74) is 1.14. The van der Waals surface area contributed by atoms with E-state index in [2.05, 4.69) is 36.6 Å². The van der Waals surface area contributed by atoms with Gasteiger partial charge in [-0.15, -0.1) is 0 Å². The highest BCUT2D eigenvalue weighted by molar-refractivity contribution is 5.81. The number of aromatic nitrogens is 3. The van der Waals surface area contributed by atoms with Crippen LogP contribution in [-0.2, 0) is 11.3 Å². The van der Waals surface area contributed by atoms with Gasteiger partial charge in [0, 0.05) is 44.4 Å². The zero-order valence-electron chi connectivity index (χ0n) is 14.3. The predicted molar refractivity (Wildman–Crippen MR) is 95.8 cm³/mol. The van der Waals surface area contributed by atoms with Gasteiger partial charge in [-0.05, 0) is 37.1 Å². The zero-order valence-corrected chi connectivity index (χ0v) is 14.3. The largest absolute Gasteiger partial charge is 0.353 e. The number of nitrogens with one attached hydrogen (secondary N) is 2. The quantitative estimate of drug-likeness (QED) is 0.743. The van der Waals surface area contributed by atoms with Gasteiger partial charge in [-0.25, -0.2) is 9.97 Å². The van der Waals surface area contributed by atoms with Crippen molar-refractivity contribution in [1.82, 2.24) is 25.2 Å². The standard InChI is InChI=1S/C18H24N6O/c25-17(20-10-11-23-18-21-8-4-9-22-18)16-6-1-2-12-24(16)14-15-5-3-7-19-13-15/h3-5,7-9,13,16H,1-2,6,10-12,14H2,(H,20,25)(H,21,22,23). The first-order chi connectivity index (χ1) is 12.3. The summed E-state index contributed by atoms with van der Waals surface area (Å²) < 4.78 is 0. The summed E-state index contributed by atoms with van der Waals surface area (Å²) in [7, 11) is 0. The Bertz CT molecular complexity index is 651. The third kappa shape index (κ3) is 5.22. The topological polar surface area (TPSA) is 83.0 Å². The number of hydrogen-bond donors (Lipinski definition) is 2. The fourth-order valence-electron chi connectivity index (χ4n) is 3.07. The molecule has 0 radical (unpaired) electrons. The van der Waals surface area contributed by atoms with Gasteiger partial charge in [0.05, 0.1) is 6.04 Å². The molecule has 3 heterocycles. The number of rotatable bonds is 7. The number of amides is 1. The fraction of sp³-hybridized carbons (Fsp3) is 0.444. The lowest BCUT2D eigenvalue weighted by molar-refractivity contribution is -0.127. The van der Waals surface area contributed by atoms with Gasteiger partial charge >= 0.3 is 0 Å². The van der Waals surface area contributed by atoms with E-state index in [1.54, 1.807) is 24.7 Å². The van der Waals surface area contributed by atoms with Crippen LogP contribution in [0.15, 0.2) is 43.0 Å². The lowest BCUT2D eigenvalue weighted by atomic mass is 10.0. The van der Waals surface area contributed by atoms with Crippen LogP contribution >= 0.6 is 0 Å². The van der Waals surface area contributed by atoms with Crippen molar-refractivity contribution in [2.75, 3.05) is 25.0 Å². The Morgan fingerprint density at radius 1 is 1.16 bits per heavy atom. The highest BCUT2D eigenvalue weighted by Gasteiger charge is 2.28. The smallest absolute Gasteiger partial charge is 0.237 e. The molecule has 0 aliphatic carbocycles. The van der Waals surface area contributed by atoms with Gasteiger partial charge in [0.15, 0.2) is 0 Å². The van der Waals surface area contributed by atoms with E-state index in [9.17, 15) is 4.79 Å². The fourth-order valence-corrected chi connectivity index (χ4v) is 3.07. The van der Waals surface area contributed by atoms with Crippen molar-refractivity contribution in [3.05, 3.63) is 48.5 Å². The molecule has 0 spiro atoms. The molecule has 2 aromatic heterocycles. The normalized spacial score (nSPS) is 17.8. The molecule has 1 fully saturated rings. The predicted octanol–water partition coefficient (Wildman–Crippen LogP) is 1.45. The van der Waals surface area contributed by atoms with Crippen LogP contribution in [0.25, 0.3) is 0 Å². The van der Waals surface area contributed by atoms with Gasteiger partial charge < -0.3 is 10.6 Å². The summed E-state index contributed by atoms with van der Waals surface area (Å²) in [6, 6.07) is 5.70. The molecule has 0 saturated carbocycles. The monoisotopic (exact) mass is 340 g/mol. The molecule has 0 bridgehead atoms. The molecule has 2 N–H and O–H groups in total. The summed E-state index contributed by atoms with van der Waals surface area (Å²) in [5, 5.41) is 6.12. The summed E-state index contributed by atoms with van der Waals surface area (Å²) in [6.45, 7) is 2.87. The Balaban J connectivity index is 1.47. The molecule has 132 valence electrons. The Hall–Kier alpha value is -2.54. The van der Waals surface area contributed by atoms with Crippen LogP contribution in [0.5, 0.6) is 0 Å². The van der Waals surface area contributed by atoms with Crippen molar-refractivity contribution in [3.8, 4) is 0 Å². The average molecular weight is 340 g/mol. The number of nitrogens with zero attached hydrogens (tertiary/aromatic N) is 4. The molecule has 2 aromatic rings. The third-order valence-corrected chi connectivity index (χ3v) is 4.30. The van der Waals surface area contributed by atoms with E-state index >= 15 is 0 Å². The van der Waals surface area contributed by atoms with E-state index in [1.807, 2.05) is 12.3 Å². The summed E-state index contributed by atoms with van der Waals surface area (Å²) in [5.74, 6) is 0.673. The summed E-state index contributed by atoms with van der Waals surface area (Å²) >= 11 is 0. The molecule has 7 heteroatoms. The Morgan fingerprint density at radius 3 is 2.84 bits per heavy atom. The second-order valence-corrected chi connectivity index (χ2v) is 6.13. The van der Waals surface area contributed by atoms with E-state index < -0.39 is 0 Å². The third-order valence-electron chi connectivity index (χ3n) is 4.30. The molecule has 1 atom stereocenters. The molecular weight excluding hydrogens is 316 g/mol. The van der Waals surface area contributed by atoms with Gasteiger partial charge in [0.2, 0.25) is 11.9 Å². The number of anilines is 1. The number of carbonyl (C=O) groups excluding carboxylic acids is 1. The van der Waals surface area contributed by atoms with Crippen LogP contribution in [0, 0.1) is 0 Å². The van der Waals surface area contributed by atoms with E-state index in [0.29, 0.717) is 19.0 Å². The number of piperidine rings is 1. The van der Waals surface area contributed by atoms with Crippen LogP contribution in [0.3, 0.4) is 0 Å². The lowest BCUT2D eigenvalue weighted by Crippen LogP contribution is -2.49. The van der Waals surface area contributed by atoms with Crippen molar-refractivity contribution >= 4 is 11.9 Å². The highest BCUT2D eigenvalue weighted by atomic mass is 16.2. The number of pyridine rings is 1. The van der Waals surface area contributed by atoms with Crippen molar-refractivity contribution in [2.24, 2.45) is 0 Å². The van der Waals surface area contributed by atoms with Gasteiger partial charge in [-0.1, -0.05) is 12.5 Å². The molecule has 1 unspecified atom stereocenters. The molecule has 0 aromatic carbocycles. The highest BCUT2D eigenvalue weighted by Crippen LogP contribution is 2.19. The van der Waals surface area contributed by atoms with Crippen LogP contribution in [0.4, 0.5) is 5.95 Å². The number of hydrogen-bond acceptors (Lipinski definition) is 6. The van der Waals surface area contributed by atoms with Crippen LogP contribution in [0.2, 0.25) is 0 Å². The van der Waals surface area contributed by atoms with Gasteiger partial charge in [-0.2, -0.15) is 0 Å². The van der Waals surface area contributed by atoms with Gasteiger partial charge in [0.25, 0.3) is 0 Å². The molecule has 7 nitrogen and oxygen atoms in total. The zero-order chi connectivity index (χ0) is 17.3. The SMILES string of the molecule is O=C(NCCNc1ncccn1)C1CCCCN1Cc1cccnc1. The minimum atomic E-state index is -0.0677. The molecule has 1 aliphatic heterocycles. The second-order valence-electron chi connectivity index (χ2n) is 6.13. The van der Waals surface area contributed by atoms with Crippen molar-refractivity contribution < 1.29 is 4.79 Å². The molecule has 1 saturated heterocycles. The Morgan fingerprint density at radius 2 is 2.04 bits per heavy atom. The summed E-state index contributed by atoms with van der Waals surface area (Å²) in [4.78, 5) is 27.2. The maximum Gasteiger partial charge on any atom is 0.237 e. The minimum Gasteiger partial charge on any atom is -0.353 e. The molecule has 1 aliphatic rings. The van der Waals surface area contributed by atoms with Crippen LogP contribution in [-0.4, -0.2) is 51.4 Å². The van der Waals surface area contributed by atoms with E-state index in [1.165, 1.54) is 0 Å². The van der Waals surface area contributed by atoms with Crippen molar-refractivity contribution in [2.45, 2.75) is 31.8 Å². The van der Waals surface area contributed by atoms with E-state index in [-0.39, 0.29) is 11.9 Å². The van der Waals surface area contributed by atoms with E-state index in [4.69, 9.17) is 0 Å². The molecular formula is C18H24N6O. The summed E-state index contributed by atoms with van der Waals surface area (Å²) in [6.07, 6.45) is 10.1. The Labute approximate surface area is 147 Å². The Kier molecular flexibility index (Phi) is 6.28. The van der Waals surface area contributed by atoms with Gasteiger partial charge in [0.1, 0.15) is 0 Å². The maximum absolute atomic E-state index is 12.6. The first-order valence-corrected chi connectivity index (χ1v) is 8.74. The van der Waals surface area contributed by atoms with Gasteiger partial charge in [-0.3, -0.25) is 14.7 Å². The molecule has 1 amide bonds. The first-order valence-electron chi connectivity index (χ1n) is 8.74. The number of carbonyl (C=O) groups is 1. The maximum atomic E-state index is 12.6. The van der Waals surface area contributed by atoms with Crippen LogP contribution in [0.1, 0.15) is 24.8 Å². The van der Waals surface area contributed by atoms with Crippen molar-refractivity contribution in [3.63, 3.8) is 0 Å². The first kappa shape index (κ1) is 17.3. The molecule has 3 rings (SSSR count). The average Bonchev–Trinajstić information content (AvgIpc) is 2.67. The number of likely N-dealkylation sites (tertiary alicyclic amines) is 1. The molecule has 25 heavy (non-hydrogen) atoms. The lowest BCUT2D eigenvalue weighted by Gasteiger charge is -2.34.